The Balaban J connectivity index is 1.30. The van der Waals surface area contributed by atoms with Crippen LogP contribution >= 0.6 is 0 Å². The maximum atomic E-state index is 13.4. The van der Waals surface area contributed by atoms with Gasteiger partial charge in [0.25, 0.3) is 6.02 Å². The van der Waals surface area contributed by atoms with Crippen LogP contribution in [0.3, 0.4) is 0 Å². The predicted octanol–water partition coefficient (Wildman–Crippen LogP) is 4.60. The maximum absolute atomic E-state index is 13.4. The van der Waals surface area contributed by atoms with Crippen LogP contribution in [0, 0.1) is 5.82 Å². The number of amidine groups is 1. The second-order valence-electron chi connectivity index (χ2n) is 7.86. The highest BCUT2D eigenvalue weighted by molar-refractivity contribution is 5.91. The molecule has 2 aromatic carbocycles. The number of carbonyl (C=O) groups excluding carboxylic acids is 1. The Kier molecular flexibility index (Phi) is 7.21. The van der Waals surface area contributed by atoms with Gasteiger partial charge in [-0.1, -0.05) is 13.0 Å². The fraction of sp³-hybridized carbons (Fsp3) is 0.417. The summed E-state index contributed by atoms with van der Waals surface area (Å²) < 4.78 is 30.1. The van der Waals surface area contributed by atoms with Crippen molar-refractivity contribution >= 4 is 23.3 Å². The third-order valence-corrected chi connectivity index (χ3v) is 5.29. The minimum absolute atomic E-state index is 0.0145. The molecule has 0 saturated heterocycles. The van der Waals surface area contributed by atoms with Gasteiger partial charge in [-0.25, -0.2) is 4.39 Å². The number of anilines is 1. The minimum atomic E-state index is -0.325. The first kappa shape index (κ1) is 22.1. The van der Waals surface area contributed by atoms with Crippen molar-refractivity contribution in [2.24, 2.45) is 4.99 Å². The molecular weight excluding hydrogens is 413 g/mol. The van der Waals surface area contributed by atoms with Gasteiger partial charge in [0, 0.05) is 42.5 Å². The molecule has 0 fully saturated rings. The Morgan fingerprint density at radius 3 is 2.97 bits per heavy atom. The Morgan fingerprint density at radius 1 is 1.19 bits per heavy atom. The molecule has 0 spiro atoms. The number of halogens is 1. The van der Waals surface area contributed by atoms with Crippen LogP contribution in [0.1, 0.15) is 49.8 Å². The largest absolute Gasteiger partial charge is 0.491 e. The summed E-state index contributed by atoms with van der Waals surface area (Å²) in [5, 5.41) is 6.16. The van der Waals surface area contributed by atoms with E-state index in [9.17, 15) is 9.18 Å². The summed E-state index contributed by atoms with van der Waals surface area (Å²) in [5.74, 6) is 0.195. The number of aliphatic imine (C=N–C) groups is 1. The van der Waals surface area contributed by atoms with Gasteiger partial charge in [-0.15, -0.1) is 0 Å². The molecule has 2 aromatic rings. The summed E-state index contributed by atoms with van der Waals surface area (Å²) in [5.41, 5.74) is 3.28. The Morgan fingerprint density at radius 2 is 2.09 bits per heavy atom. The van der Waals surface area contributed by atoms with Crippen molar-refractivity contribution in [3.63, 3.8) is 0 Å². The van der Waals surface area contributed by atoms with Crippen molar-refractivity contribution < 1.29 is 23.4 Å². The van der Waals surface area contributed by atoms with E-state index in [1.807, 2.05) is 18.2 Å². The van der Waals surface area contributed by atoms with Gasteiger partial charge in [-0.05, 0) is 43.5 Å². The first-order valence-corrected chi connectivity index (χ1v) is 11.0. The third kappa shape index (κ3) is 5.56. The van der Waals surface area contributed by atoms with Crippen LogP contribution in [0.5, 0.6) is 5.75 Å². The molecule has 1 unspecified atom stereocenters. The number of unbranched alkanes of at least 4 members (excludes halogenated alkanes) is 1. The second kappa shape index (κ2) is 10.5. The van der Waals surface area contributed by atoms with E-state index < -0.39 is 0 Å². The molecule has 2 aliphatic rings. The predicted molar refractivity (Wildman–Crippen MR) is 120 cm³/mol. The van der Waals surface area contributed by atoms with Crippen LogP contribution in [0.2, 0.25) is 0 Å². The van der Waals surface area contributed by atoms with E-state index >= 15 is 0 Å². The zero-order valence-electron chi connectivity index (χ0n) is 18.2. The summed E-state index contributed by atoms with van der Waals surface area (Å²) >= 11 is 0. The zero-order valence-corrected chi connectivity index (χ0v) is 18.2. The highest BCUT2D eigenvalue weighted by Crippen LogP contribution is 2.34. The molecule has 0 saturated carbocycles. The van der Waals surface area contributed by atoms with Crippen LogP contribution in [-0.2, 0) is 20.9 Å². The lowest BCUT2D eigenvalue weighted by molar-refractivity contribution is -0.116. The van der Waals surface area contributed by atoms with Crippen LogP contribution in [0.15, 0.2) is 41.4 Å². The van der Waals surface area contributed by atoms with E-state index in [-0.39, 0.29) is 17.8 Å². The van der Waals surface area contributed by atoms with E-state index in [0.717, 1.165) is 48.4 Å². The molecule has 0 radical (unpaired) electrons. The van der Waals surface area contributed by atoms with E-state index in [2.05, 4.69) is 22.5 Å². The van der Waals surface area contributed by atoms with E-state index in [1.165, 1.54) is 12.1 Å². The molecular formula is C24H28FN3O4. The molecule has 2 aliphatic heterocycles. The van der Waals surface area contributed by atoms with Crippen molar-refractivity contribution in [2.45, 2.75) is 45.3 Å². The molecule has 1 atom stereocenters. The van der Waals surface area contributed by atoms with Crippen LogP contribution in [0.25, 0.3) is 0 Å². The number of hydrogen-bond donors (Lipinski definition) is 2. The number of fused-ring (bicyclic) bond motifs is 2. The number of rotatable bonds is 9. The molecule has 0 aliphatic carbocycles. The molecule has 1 amide bonds. The topological polar surface area (TPSA) is 81.2 Å². The molecule has 2 heterocycles. The average molecular weight is 442 g/mol. The van der Waals surface area contributed by atoms with Crippen molar-refractivity contribution in [3.8, 4) is 5.75 Å². The lowest BCUT2D eigenvalue weighted by atomic mass is 10.1. The number of ether oxygens (including phenoxy) is 3. The summed E-state index contributed by atoms with van der Waals surface area (Å²) in [7, 11) is 0. The molecule has 170 valence electrons. The Labute approximate surface area is 187 Å². The fourth-order valence-electron chi connectivity index (χ4n) is 3.66. The van der Waals surface area contributed by atoms with E-state index in [1.54, 1.807) is 6.07 Å². The monoisotopic (exact) mass is 441 g/mol. The van der Waals surface area contributed by atoms with Crippen molar-refractivity contribution in [2.75, 3.05) is 25.1 Å². The van der Waals surface area contributed by atoms with Crippen molar-refractivity contribution in [3.05, 3.63) is 53.3 Å². The van der Waals surface area contributed by atoms with Crippen LogP contribution in [0.4, 0.5) is 15.8 Å². The molecule has 32 heavy (non-hydrogen) atoms. The Hall–Kier alpha value is -3.13. The number of nitrogens with zero attached hydrogens (tertiary/aromatic N) is 1. The summed E-state index contributed by atoms with van der Waals surface area (Å²) in [6.45, 7) is 4.26. The lowest BCUT2D eigenvalue weighted by Gasteiger charge is -2.21. The smallest absolute Gasteiger partial charge is 0.290 e. The fourth-order valence-corrected chi connectivity index (χ4v) is 3.66. The van der Waals surface area contributed by atoms with E-state index in [0.29, 0.717) is 38.0 Å². The van der Waals surface area contributed by atoms with Gasteiger partial charge in [0.05, 0.1) is 11.7 Å². The minimum Gasteiger partial charge on any atom is -0.491 e. The molecule has 0 bridgehead atoms. The highest BCUT2D eigenvalue weighted by atomic mass is 19.1. The summed E-state index contributed by atoms with van der Waals surface area (Å²) in [6, 6.07) is 10.3. The standard InChI is InChI=1S/C24H28FN3O4/c1-2-10-30-11-4-3-5-23(29)26-18-7-9-20-16(12-18)14-32-24(27-20)28-21-15-31-22-13-17(25)6-8-19(21)22/h6-9,12-13,21H,2-5,10-11,14-15H2,1H3,(H,26,29)(H,27,28). The second-order valence-corrected chi connectivity index (χ2v) is 7.86. The first-order valence-electron chi connectivity index (χ1n) is 11.0. The Bertz CT molecular complexity index is 995. The van der Waals surface area contributed by atoms with Gasteiger partial charge in [-0.2, -0.15) is 4.99 Å². The van der Waals surface area contributed by atoms with Gasteiger partial charge < -0.3 is 24.8 Å². The molecule has 2 N–H and O–H groups in total. The number of nitrogens with one attached hydrogen (secondary N) is 2. The van der Waals surface area contributed by atoms with Gasteiger partial charge in [0.15, 0.2) is 0 Å². The highest BCUT2D eigenvalue weighted by Gasteiger charge is 2.27. The van der Waals surface area contributed by atoms with Gasteiger partial charge in [0.2, 0.25) is 5.91 Å². The first-order chi connectivity index (χ1) is 15.6. The number of hydrogen-bond acceptors (Lipinski definition) is 6. The lowest BCUT2D eigenvalue weighted by Crippen LogP contribution is -2.32. The summed E-state index contributed by atoms with van der Waals surface area (Å²) in [4.78, 5) is 16.7. The van der Waals surface area contributed by atoms with Crippen molar-refractivity contribution in [1.29, 1.82) is 0 Å². The number of amides is 1. The average Bonchev–Trinajstić information content (AvgIpc) is 3.17. The molecule has 7 nitrogen and oxygen atoms in total. The maximum Gasteiger partial charge on any atom is 0.290 e. The van der Waals surface area contributed by atoms with Gasteiger partial charge in [0.1, 0.15) is 24.8 Å². The molecule has 0 aromatic heterocycles. The molecule has 4 rings (SSSR count). The number of benzene rings is 2. The third-order valence-electron chi connectivity index (χ3n) is 5.29. The van der Waals surface area contributed by atoms with Gasteiger partial charge in [-0.3, -0.25) is 4.79 Å². The number of carbonyl (C=O) groups is 1. The zero-order chi connectivity index (χ0) is 22.3. The SMILES string of the molecule is CCCOCCCCC(=O)Nc1ccc2c(c1)COC(NC1COc3cc(F)ccc31)=N2. The van der Waals surface area contributed by atoms with E-state index in [4.69, 9.17) is 14.2 Å². The quantitative estimate of drug-likeness (QED) is 0.556. The van der Waals surface area contributed by atoms with Gasteiger partial charge >= 0.3 is 0 Å². The van der Waals surface area contributed by atoms with Crippen LogP contribution < -0.4 is 15.4 Å². The summed E-state index contributed by atoms with van der Waals surface area (Å²) in [6.07, 6.45) is 3.14. The van der Waals surface area contributed by atoms with Crippen LogP contribution in [-0.4, -0.2) is 31.7 Å². The molecule has 8 heteroatoms. The normalized spacial score (nSPS) is 16.3. The van der Waals surface area contributed by atoms with Crippen molar-refractivity contribution in [1.82, 2.24) is 5.32 Å².